The van der Waals surface area contributed by atoms with Gasteiger partial charge in [-0.25, -0.2) is 13.2 Å². The number of amides is 1. The molecule has 0 fully saturated rings. The number of nitrogen functional groups attached to an aromatic ring is 1. The third-order valence-corrected chi connectivity index (χ3v) is 2.34. The average molecular weight is 267 g/mol. The van der Waals surface area contributed by atoms with Crippen molar-refractivity contribution in [2.75, 3.05) is 11.1 Å². The zero-order valence-corrected chi connectivity index (χ0v) is 9.45. The second kappa shape index (κ2) is 4.97. The van der Waals surface area contributed by atoms with Crippen LogP contribution in [0.1, 0.15) is 10.4 Å². The van der Waals surface area contributed by atoms with Crippen molar-refractivity contribution < 1.29 is 18.0 Å². The van der Waals surface area contributed by atoms with E-state index in [-0.39, 0.29) is 11.3 Å². The Balaban J connectivity index is 2.32. The lowest BCUT2D eigenvalue weighted by Crippen LogP contribution is -2.15. The van der Waals surface area contributed by atoms with Gasteiger partial charge in [0, 0.05) is 18.3 Å². The number of carbonyl (C=O) groups is 1. The van der Waals surface area contributed by atoms with Crippen molar-refractivity contribution in [2.24, 2.45) is 0 Å². The van der Waals surface area contributed by atoms with Gasteiger partial charge in [-0.15, -0.1) is 0 Å². The van der Waals surface area contributed by atoms with E-state index in [9.17, 15) is 18.0 Å². The number of hydrogen-bond donors (Lipinski definition) is 2. The summed E-state index contributed by atoms with van der Waals surface area (Å²) < 4.78 is 39.3. The molecule has 0 radical (unpaired) electrons. The molecule has 7 heteroatoms. The molecule has 0 bridgehead atoms. The van der Waals surface area contributed by atoms with Crippen LogP contribution >= 0.6 is 0 Å². The Bertz CT molecular complexity index is 646. The Morgan fingerprint density at radius 3 is 2.68 bits per heavy atom. The fraction of sp³-hybridized carbons (Fsp3) is 0. The van der Waals surface area contributed by atoms with Gasteiger partial charge in [0.05, 0.1) is 23.1 Å². The number of benzene rings is 1. The van der Waals surface area contributed by atoms with Crippen LogP contribution in [0.3, 0.4) is 0 Å². The number of hydrogen-bond acceptors (Lipinski definition) is 3. The molecule has 3 N–H and O–H groups in total. The first-order chi connectivity index (χ1) is 8.99. The lowest BCUT2D eigenvalue weighted by Gasteiger charge is -2.08. The van der Waals surface area contributed by atoms with E-state index in [1.807, 2.05) is 5.32 Å². The van der Waals surface area contributed by atoms with Crippen LogP contribution in [0.5, 0.6) is 0 Å². The van der Waals surface area contributed by atoms with Gasteiger partial charge in [0.25, 0.3) is 5.91 Å². The average Bonchev–Trinajstić information content (AvgIpc) is 2.35. The normalized spacial score (nSPS) is 10.3. The first-order valence-corrected chi connectivity index (χ1v) is 5.14. The van der Waals surface area contributed by atoms with E-state index < -0.39 is 29.0 Å². The van der Waals surface area contributed by atoms with E-state index in [2.05, 4.69) is 4.98 Å². The van der Waals surface area contributed by atoms with E-state index in [4.69, 9.17) is 5.73 Å². The summed E-state index contributed by atoms with van der Waals surface area (Å²) in [4.78, 5) is 15.5. The van der Waals surface area contributed by atoms with Gasteiger partial charge in [-0.05, 0) is 6.07 Å². The number of nitrogens with two attached hydrogens (primary N) is 1. The molecule has 0 aliphatic rings. The van der Waals surface area contributed by atoms with Crippen LogP contribution in [-0.2, 0) is 0 Å². The van der Waals surface area contributed by atoms with Gasteiger partial charge in [-0.3, -0.25) is 9.78 Å². The monoisotopic (exact) mass is 267 g/mol. The van der Waals surface area contributed by atoms with Crippen LogP contribution in [0.4, 0.5) is 24.5 Å². The van der Waals surface area contributed by atoms with Crippen molar-refractivity contribution >= 4 is 17.3 Å². The van der Waals surface area contributed by atoms with Crippen LogP contribution in [0.2, 0.25) is 0 Å². The quantitative estimate of drug-likeness (QED) is 0.820. The number of nitrogens with zero attached hydrogens (tertiary/aromatic N) is 1. The predicted octanol–water partition coefficient (Wildman–Crippen LogP) is 2.33. The minimum Gasteiger partial charge on any atom is -0.397 e. The van der Waals surface area contributed by atoms with Crippen LogP contribution in [-0.4, -0.2) is 10.9 Å². The summed E-state index contributed by atoms with van der Waals surface area (Å²) in [5.41, 5.74) is 5.00. The third-order valence-electron chi connectivity index (χ3n) is 2.34. The van der Waals surface area contributed by atoms with Gasteiger partial charge in [0.2, 0.25) is 0 Å². The topological polar surface area (TPSA) is 68.0 Å². The standard InChI is InChI=1S/C12H8F3N3O/c13-6-3-8(14)11(15)10(4-6)18-12(19)7-1-2-17-5-9(7)16/h1-5H,16H2,(H,18,19). The third kappa shape index (κ3) is 2.65. The summed E-state index contributed by atoms with van der Waals surface area (Å²) in [6.07, 6.45) is 2.55. The minimum atomic E-state index is -1.39. The van der Waals surface area contributed by atoms with Crippen molar-refractivity contribution in [1.82, 2.24) is 4.98 Å². The molecule has 19 heavy (non-hydrogen) atoms. The fourth-order valence-corrected chi connectivity index (χ4v) is 1.45. The number of nitrogens with one attached hydrogen (secondary N) is 1. The Kier molecular flexibility index (Phi) is 3.37. The van der Waals surface area contributed by atoms with E-state index in [0.717, 1.165) is 0 Å². The Morgan fingerprint density at radius 2 is 2.00 bits per heavy atom. The molecule has 0 unspecified atom stereocenters. The Labute approximate surface area is 106 Å². The Morgan fingerprint density at radius 1 is 1.26 bits per heavy atom. The summed E-state index contributed by atoms with van der Waals surface area (Å²) in [7, 11) is 0. The molecule has 0 saturated heterocycles. The molecule has 1 amide bonds. The predicted molar refractivity (Wildman–Crippen MR) is 62.9 cm³/mol. The molecular weight excluding hydrogens is 259 g/mol. The first kappa shape index (κ1) is 12.9. The van der Waals surface area contributed by atoms with Crippen LogP contribution < -0.4 is 11.1 Å². The van der Waals surface area contributed by atoms with E-state index in [1.165, 1.54) is 18.5 Å². The number of halogens is 3. The van der Waals surface area contributed by atoms with Crippen molar-refractivity contribution in [3.05, 3.63) is 53.6 Å². The highest BCUT2D eigenvalue weighted by atomic mass is 19.2. The maximum atomic E-state index is 13.4. The summed E-state index contributed by atoms with van der Waals surface area (Å²) in [6.45, 7) is 0. The van der Waals surface area contributed by atoms with Gasteiger partial charge >= 0.3 is 0 Å². The van der Waals surface area contributed by atoms with Gasteiger partial charge in [0.15, 0.2) is 11.6 Å². The second-order valence-corrected chi connectivity index (χ2v) is 3.67. The van der Waals surface area contributed by atoms with E-state index in [1.54, 1.807) is 0 Å². The van der Waals surface area contributed by atoms with E-state index in [0.29, 0.717) is 12.1 Å². The molecule has 2 rings (SSSR count). The second-order valence-electron chi connectivity index (χ2n) is 3.67. The summed E-state index contributed by atoms with van der Waals surface area (Å²) in [6, 6.07) is 2.36. The fourth-order valence-electron chi connectivity index (χ4n) is 1.45. The first-order valence-electron chi connectivity index (χ1n) is 5.14. The van der Waals surface area contributed by atoms with Crippen LogP contribution in [0, 0.1) is 17.5 Å². The lowest BCUT2D eigenvalue weighted by atomic mass is 10.2. The number of carbonyl (C=O) groups excluding carboxylic acids is 1. The van der Waals surface area contributed by atoms with Crippen LogP contribution in [0.15, 0.2) is 30.6 Å². The van der Waals surface area contributed by atoms with Crippen molar-refractivity contribution in [2.45, 2.75) is 0 Å². The summed E-state index contributed by atoms with van der Waals surface area (Å²) >= 11 is 0. The molecule has 1 heterocycles. The molecule has 0 aliphatic carbocycles. The molecule has 0 saturated carbocycles. The maximum Gasteiger partial charge on any atom is 0.257 e. The number of anilines is 2. The SMILES string of the molecule is Nc1cnccc1C(=O)Nc1cc(F)cc(F)c1F. The zero-order chi connectivity index (χ0) is 14.0. The van der Waals surface area contributed by atoms with E-state index >= 15 is 0 Å². The number of rotatable bonds is 2. The molecular formula is C12H8F3N3O. The minimum absolute atomic E-state index is 0.0269. The molecule has 0 aliphatic heterocycles. The molecule has 4 nitrogen and oxygen atoms in total. The largest absolute Gasteiger partial charge is 0.397 e. The van der Waals surface area contributed by atoms with Gasteiger partial charge in [0.1, 0.15) is 5.82 Å². The number of pyridine rings is 1. The van der Waals surface area contributed by atoms with Crippen LogP contribution in [0.25, 0.3) is 0 Å². The summed E-state index contributed by atoms with van der Waals surface area (Å²) in [5, 5.41) is 2.05. The lowest BCUT2D eigenvalue weighted by molar-refractivity contribution is 0.102. The summed E-state index contributed by atoms with van der Waals surface area (Å²) in [5.74, 6) is -4.53. The highest BCUT2D eigenvalue weighted by Crippen LogP contribution is 2.20. The Hall–Kier alpha value is -2.57. The molecule has 0 spiro atoms. The van der Waals surface area contributed by atoms with Crippen molar-refractivity contribution in [1.29, 1.82) is 0 Å². The van der Waals surface area contributed by atoms with Gasteiger partial charge in [-0.1, -0.05) is 0 Å². The maximum absolute atomic E-state index is 13.4. The van der Waals surface area contributed by atoms with Crippen molar-refractivity contribution in [3.8, 4) is 0 Å². The highest BCUT2D eigenvalue weighted by molar-refractivity contribution is 6.07. The highest BCUT2D eigenvalue weighted by Gasteiger charge is 2.15. The smallest absolute Gasteiger partial charge is 0.257 e. The molecule has 2 aromatic rings. The van der Waals surface area contributed by atoms with Gasteiger partial charge in [-0.2, -0.15) is 0 Å². The number of aromatic nitrogens is 1. The molecule has 1 aromatic carbocycles. The van der Waals surface area contributed by atoms with Gasteiger partial charge < -0.3 is 11.1 Å². The molecule has 1 aromatic heterocycles. The molecule has 0 atom stereocenters. The van der Waals surface area contributed by atoms with Crippen molar-refractivity contribution in [3.63, 3.8) is 0 Å². The zero-order valence-electron chi connectivity index (χ0n) is 9.45. The molecule has 98 valence electrons.